The highest BCUT2D eigenvalue weighted by Gasteiger charge is 2.21. The highest BCUT2D eigenvalue weighted by molar-refractivity contribution is 8.12. The summed E-state index contributed by atoms with van der Waals surface area (Å²) in [6.07, 6.45) is -0.785. The fourth-order valence-electron chi connectivity index (χ4n) is 2.09. The van der Waals surface area contributed by atoms with Gasteiger partial charge in [0.05, 0.1) is 12.3 Å². The molecule has 0 bridgehead atoms. The summed E-state index contributed by atoms with van der Waals surface area (Å²) < 4.78 is 5.99. The molecule has 0 unspecified atom stereocenters. The lowest BCUT2D eigenvalue weighted by atomic mass is 10.0. The number of fused-ring (bicyclic) bond motifs is 1. The molecule has 2 nitrogen and oxygen atoms in total. The van der Waals surface area contributed by atoms with Crippen molar-refractivity contribution in [3.05, 3.63) is 48.0 Å². The number of nitriles is 1. The average Bonchev–Trinajstić information content (AvgIpc) is 2.52. The molecule has 0 heterocycles. The second kappa shape index (κ2) is 6.50. The lowest BCUT2D eigenvalue weighted by Gasteiger charge is -2.22. The zero-order chi connectivity index (χ0) is 14.6. The summed E-state index contributed by atoms with van der Waals surface area (Å²) in [6.45, 7) is 4.08. The molecular formula is C16H18NOPS. The maximum atomic E-state index is 9.40. The highest BCUT2D eigenvalue weighted by Crippen LogP contribution is 2.50. The van der Waals surface area contributed by atoms with E-state index in [1.165, 1.54) is 5.39 Å². The molecule has 0 spiro atoms. The van der Waals surface area contributed by atoms with Crippen molar-refractivity contribution >= 4 is 28.8 Å². The van der Waals surface area contributed by atoms with E-state index in [0.717, 1.165) is 23.3 Å². The Kier molecular flexibility index (Phi) is 4.94. The van der Waals surface area contributed by atoms with Crippen molar-refractivity contribution in [2.45, 2.75) is 20.0 Å². The fraction of sp³-hybridized carbons (Fsp3) is 0.312. The van der Waals surface area contributed by atoms with Gasteiger partial charge in [-0.05, 0) is 34.7 Å². The molecule has 0 amide bonds. The summed E-state index contributed by atoms with van der Waals surface area (Å²) in [6, 6.07) is 16.4. The smallest absolute Gasteiger partial charge is 0.174 e. The molecule has 1 atom stereocenters. The molecule has 0 aliphatic heterocycles. The zero-order valence-corrected chi connectivity index (χ0v) is 13.5. The van der Waals surface area contributed by atoms with E-state index in [4.69, 9.17) is 16.3 Å². The Morgan fingerprint density at radius 1 is 1.15 bits per heavy atom. The number of benzene rings is 2. The molecule has 2 aromatic carbocycles. The minimum absolute atomic E-state index is 0.565. The Hall–Kier alpha value is -1.20. The first-order chi connectivity index (χ1) is 9.61. The normalized spacial score (nSPS) is 13.1. The largest absolute Gasteiger partial charge is 0.328 e. The predicted octanol–water partition coefficient (Wildman–Crippen LogP) is 4.86. The Bertz CT molecular complexity index is 684. The third-order valence-electron chi connectivity index (χ3n) is 3.45. The van der Waals surface area contributed by atoms with Gasteiger partial charge in [0.15, 0.2) is 6.10 Å². The van der Waals surface area contributed by atoms with E-state index in [0.29, 0.717) is 0 Å². The van der Waals surface area contributed by atoms with Gasteiger partial charge in [0.25, 0.3) is 0 Å². The zero-order valence-electron chi connectivity index (χ0n) is 11.7. The molecule has 2 aromatic rings. The van der Waals surface area contributed by atoms with Crippen molar-refractivity contribution in [3.63, 3.8) is 0 Å². The number of hydrogen-bond acceptors (Lipinski definition) is 3. The van der Waals surface area contributed by atoms with Crippen molar-refractivity contribution in [1.82, 2.24) is 0 Å². The van der Waals surface area contributed by atoms with Gasteiger partial charge in [-0.3, -0.25) is 0 Å². The van der Waals surface area contributed by atoms with Gasteiger partial charge in [-0.15, -0.1) is 0 Å². The van der Waals surface area contributed by atoms with Crippen molar-refractivity contribution in [2.24, 2.45) is 0 Å². The molecular weight excluding hydrogens is 285 g/mol. The van der Waals surface area contributed by atoms with Gasteiger partial charge in [-0.25, -0.2) is 0 Å². The SMILES string of the molecule is CCP(=S)(CC)O[C@@H](C#N)c1ccc2ccccc2c1. The van der Waals surface area contributed by atoms with Crippen molar-refractivity contribution in [1.29, 1.82) is 5.26 Å². The van der Waals surface area contributed by atoms with Gasteiger partial charge in [-0.1, -0.05) is 62.1 Å². The topological polar surface area (TPSA) is 33.0 Å². The molecule has 4 heteroatoms. The number of hydrogen-bond donors (Lipinski definition) is 0. The second-order valence-corrected chi connectivity index (χ2v) is 9.77. The maximum Gasteiger partial charge on any atom is 0.174 e. The van der Waals surface area contributed by atoms with E-state index in [9.17, 15) is 5.26 Å². The van der Waals surface area contributed by atoms with Crippen LogP contribution in [0.15, 0.2) is 42.5 Å². The molecule has 0 radical (unpaired) electrons. The summed E-state index contributed by atoms with van der Waals surface area (Å²) in [4.78, 5) is 0. The first-order valence-corrected chi connectivity index (χ1v) is 9.85. The van der Waals surface area contributed by atoms with Crippen LogP contribution in [0.1, 0.15) is 25.5 Å². The maximum absolute atomic E-state index is 9.40. The van der Waals surface area contributed by atoms with Gasteiger partial charge in [-0.2, -0.15) is 5.26 Å². The predicted molar refractivity (Wildman–Crippen MR) is 88.8 cm³/mol. The second-order valence-electron chi connectivity index (χ2n) is 4.67. The van der Waals surface area contributed by atoms with Gasteiger partial charge in [0.2, 0.25) is 0 Å². The molecule has 0 aliphatic rings. The highest BCUT2D eigenvalue weighted by atomic mass is 32.4. The molecule has 20 heavy (non-hydrogen) atoms. The Morgan fingerprint density at radius 3 is 2.40 bits per heavy atom. The minimum Gasteiger partial charge on any atom is -0.328 e. The van der Waals surface area contributed by atoms with Crippen molar-refractivity contribution in [2.75, 3.05) is 12.3 Å². The van der Waals surface area contributed by atoms with Gasteiger partial charge in [0.1, 0.15) is 0 Å². The first-order valence-electron chi connectivity index (χ1n) is 6.76. The monoisotopic (exact) mass is 303 g/mol. The van der Waals surface area contributed by atoms with Crippen LogP contribution in [-0.4, -0.2) is 12.3 Å². The molecule has 2 rings (SSSR count). The standard InChI is InChI=1S/C16H18NOPS/c1-3-19(20,4-2)18-16(12-17)15-10-9-13-7-5-6-8-14(13)11-15/h5-11,16H,3-4H2,1-2H3/t16-/m0/s1. The number of nitrogens with zero attached hydrogens (tertiary/aromatic N) is 1. The Balaban J connectivity index is 2.35. The summed E-state index contributed by atoms with van der Waals surface area (Å²) >= 11 is 5.58. The molecule has 0 aromatic heterocycles. The quantitative estimate of drug-likeness (QED) is 0.740. The average molecular weight is 303 g/mol. The van der Waals surface area contributed by atoms with Crippen LogP contribution >= 0.6 is 6.26 Å². The van der Waals surface area contributed by atoms with Crippen LogP contribution in [0.25, 0.3) is 10.8 Å². The van der Waals surface area contributed by atoms with Gasteiger partial charge >= 0.3 is 0 Å². The third-order valence-corrected chi connectivity index (χ3v) is 7.78. The summed E-state index contributed by atoms with van der Waals surface area (Å²) in [5.41, 5.74) is 0.891. The van der Waals surface area contributed by atoms with E-state index in [1.54, 1.807) is 0 Å². The Morgan fingerprint density at radius 2 is 1.80 bits per heavy atom. The molecule has 0 aliphatic carbocycles. The summed E-state index contributed by atoms with van der Waals surface area (Å²) in [5, 5.41) is 11.7. The summed E-state index contributed by atoms with van der Waals surface area (Å²) in [5.74, 6) is 0. The molecule has 0 saturated carbocycles. The van der Waals surface area contributed by atoms with Crippen LogP contribution < -0.4 is 0 Å². The van der Waals surface area contributed by atoms with Crippen LogP contribution in [0.3, 0.4) is 0 Å². The molecule has 104 valence electrons. The first kappa shape index (κ1) is 15.2. The van der Waals surface area contributed by atoms with E-state index in [2.05, 4.69) is 12.1 Å². The number of rotatable bonds is 5. The third kappa shape index (κ3) is 3.27. The van der Waals surface area contributed by atoms with Crippen LogP contribution in [0.4, 0.5) is 0 Å². The van der Waals surface area contributed by atoms with Crippen LogP contribution in [0.2, 0.25) is 0 Å². The lowest BCUT2D eigenvalue weighted by molar-refractivity contribution is 0.292. The van der Waals surface area contributed by atoms with Crippen molar-refractivity contribution in [3.8, 4) is 6.07 Å². The van der Waals surface area contributed by atoms with Crippen LogP contribution in [-0.2, 0) is 16.3 Å². The van der Waals surface area contributed by atoms with E-state index >= 15 is 0 Å². The molecule has 0 saturated heterocycles. The van der Waals surface area contributed by atoms with E-state index < -0.39 is 12.4 Å². The Labute approximate surface area is 125 Å². The van der Waals surface area contributed by atoms with Gasteiger partial charge in [0, 0.05) is 0 Å². The fourth-order valence-corrected chi connectivity index (χ4v) is 3.65. The lowest BCUT2D eigenvalue weighted by Crippen LogP contribution is -2.03. The molecule has 0 N–H and O–H groups in total. The minimum atomic E-state index is -1.87. The van der Waals surface area contributed by atoms with Crippen LogP contribution in [0.5, 0.6) is 0 Å². The summed E-state index contributed by atoms with van der Waals surface area (Å²) in [7, 11) is 0. The van der Waals surface area contributed by atoms with E-state index in [1.807, 2.05) is 50.2 Å². The molecule has 0 fully saturated rings. The van der Waals surface area contributed by atoms with Crippen LogP contribution in [0, 0.1) is 11.3 Å². The van der Waals surface area contributed by atoms with Crippen molar-refractivity contribution < 1.29 is 4.52 Å². The van der Waals surface area contributed by atoms with Gasteiger partial charge < -0.3 is 4.52 Å². The van der Waals surface area contributed by atoms with E-state index in [-0.39, 0.29) is 0 Å².